The third-order valence-electron chi connectivity index (χ3n) is 1.61. The average Bonchev–Trinajstić information content (AvgIpc) is 1.99. The fraction of sp³-hybridized carbons (Fsp3) is 0.714. The Hall–Kier alpha value is -1.15. The van der Waals surface area contributed by atoms with E-state index >= 15 is 0 Å². The maximum absolute atomic E-state index is 11.3. The van der Waals surface area contributed by atoms with E-state index in [1.807, 2.05) is 0 Å². The number of rotatable bonds is 5. The van der Waals surface area contributed by atoms with Gasteiger partial charge in [0.25, 0.3) is 0 Å². The lowest BCUT2D eigenvalue weighted by atomic mass is 10.3. The normalized spacial score (nSPS) is 13.2. The molecule has 88 valence electrons. The van der Waals surface area contributed by atoms with Crippen molar-refractivity contribution in [3.05, 3.63) is 0 Å². The molecule has 0 radical (unpaired) electrons. The molecule has 0 aliphatic rings. The van der Waals surface area contributed by atoms with Gasteiger partial charge in [-0.15, -0.1) is 0 Å². The molecule has 0 bridgehead atoms. The second-order valence-electron chi connectivity index (χ2n) is 3.14. The van der Waals surface area contributed by atoms with Crippen LogP contribution in [-0.4, -0.2) is 37.9 Å². The Kier molecular flexibility index (Phi) is 5.23. The second kappa shape index (κ2) is 5.66. The largest absolute Gasteiger partial charge is 0.351 e. The van der Waals surface area contributed by atoms with Crippen LogP contribution < -0.4 is 16.8 Å². The van der Waals surface area contributed by atoms with Crippen LogP contribution in [0.1, 0.15) is 13.3 Å². The summed E-state index contributed by atoms with van der Waals surface area (Å²) >= 11 is 0. The molecule has 1 unspecified atom stereocenters. The van der Waals surface area contributed by atoms with Crippen molar-refractivity contribution in [2.75, 3.05) is 11.5 Å². The number of sulfone groups is 1. The Bertz CT molecular complexity index is 338. The molecule has 0 fully saturated rings. The molecule has 0 rings (SSSR count). The third kappa shape index (κ3) is 6.86. The molecule has 3 amide bonds. The molecule has 0 aliphatic heterocycles. The number of carbonyl (C=O) groups excluding carboxylic acids is 2. The number of carbonyl (C=O) groups is 2. The van der Waals surface area contributed by atoms with Crippen molar-refractivity contribution in [2.45, 2.75) is 19.4 Å². The number of nitrogens with two attached hydrogens (primary N) is 2. The summed E-state index contributed by atoms with van der Waals surface area (Å²) in [4.78, 5) is 21.2. The van der Waals surface area contributed by atoms with Crippen molar-refractivity contribution in [2.24, 2.45) is 11.5 Å². The highest BCUT2D eigenvalue weighted by Gasteiger charge is 2.20. The van der Waals surface area contributed by atoms with Gasteiger partial charge in [-0.1, -0.05) is 6.92 Å². The summed E-state index contributed by atoms with van der Waals surface area (Å²) in [5.41, 5.74) is 10.1. The van der Waals surface area contributed by atoms with Crippen LogP contribution in [0.4, 0.5) is 4.79 Å². The Morgan fingerprint density at radius 2 is 1.93 bits per heavy atom. The van der Waals surface area contributed by atoms with Crippen LogP contribution in [0, 0.1) is 0 Å². The Morgan fingerprint density at radius 1 is 1.40 bits per heavy atom. The van der Waals surface area contributed by atoms with Crippen molar-refractivity contribution < 1.29 is 18.0 Å². The molecule has 5 N–H and O–H groups in total. The zero-order valence-electron chi connectivity index (χ0n) is 8.39. The van der Waals surface area contributed by atoms with Gasteiger partial charge in [-0.05, 0) is 6.42 Å². The lowest BCUT2D eigenvalue weighted by Crippen LogP contribution is -2.40. The zero-order valence-corrected chi connectivity index (χ0v) is 9.21. The van der Waals surface area contributed by atoms with E-state index < -0.39 is 33.6 Å². The third-order valence-corrected chi connectivity index (χ3v) is 3.24. The van der Waals surface area contributed by atoms with Gasteiger partial charge in [0.15, 0.2) is 9.84 Å². The zero-order chi connectivity index (χ0) is 12.1. The number of hydrogen-bond acceptors (Lipinski definition) is 5. The quantitative estimate of drug-likeness (QED) is 0.526. The van der Waals surface area contributed by atoms with Gasteiger partial charge in [-0.3, -0.25) is 10.1 Å². The summed E-state index contributed by atoms with van der Waals surface area (Å²) in [6.07, 6.45) is 0.497. The molecule has 0 aromatic rings. The molecule has 15 heavy (non-hydrogen) atoms. The molecule has 0 heterocycles. The summed E-state index contributed by atoms with van der Waals surface area (Å²) in [6, 6.07) is -1.58. The highest BCUT2D eigenvalue weighted by Crippen LogP contribution is 1.96. The standard InChI is InChI=1S/C7H15N3O4S/c1-2-5(8)3-15(13,14)4-6(11)10-7(9)12/h5H,2-4,8H2,1H3,(H3,9,10,11,12). The number of imide groups is 1. The van der Waals surface area contributed by atoms with E-state index in [1.165, 1.54) is 0 Å². The molecule has 0 spiro atoms. The van der Waals surface area contributed by atoms with Gasteiger partial charge >= 0.3 is 6.03 Å². The summed E-state index contributed by atoms with van der Waals surface area (Å²) < 4.78 is 22.6. The predicted octanol–water partition coefficient (Wildman–Crippen LogP) is -1.67. The number of nitrogens with one attached hydrogen (secondary N) is 1. The van der Waals surface area contributed by atoms with Crippen molar-refractivity contribution in [3.8, 4) is 0 Å². The molecule has 0 aromatic carbocycles. The van der Waals surface area contributed by atoms with E-state index in [2.05, 4.69) is 5.73 Å². The summed E-state index contributed by atoms with van der Waals surface area (Å²) in [5.74, 6) is -2.00. The van der Waals surface area contributed by atoms with E-state index in [-0.39, 0.29) is 5.75 Å². The molecule has 0 aromatic heterocycles. The minimum atomic E-state index is -3.58. The highest BCUT2D eigenvalue weighted by molar-refractivity contribution is 7.92. The van der Waals surface area contributed by atoms with E-state index in [9.17, 15) is 18.0 Å². The SMILES string of the molecule is CCC(N)CS(=O)(=O)CC(=O)NC(N)=O. The Balaban J connectivity index is 4.26. The fourth-order valence-electron chi connectivity index (χ4n) is 0.876. The van der Waals surface area contributed by atoms with Crippen LogP contribution >= 0.6 is 0 Å². The predicted molar refractivity (Wildman–Crippen MR) is 54.6 cm³/mol. The minimum Gasteiger partial charge on any atom is -0.351 e. The molecule has 0 saturated heterocycles. The summed E-state index contributed by atoms with van der Waals surface area (Å²) in [7, 11) is -3.58. The van der Waals surface area contributed by atoms with Crippen LogP contribution in [0.25, 0.3) is 0 Å². The van der Waals surface area contributed by atoms with Crippen molar-refractivity contribution in [1.29, 1.82) is 0 Å². The minimum absolute atomic E-state index is 0.282. The molecule has 0 aliphatic carbocycles. The highest BCUT2D eigenvalue weighted by atomic mass is 32.2. The van der Waals surface area contributed by atoms with Crippen LogP contribution in [0.5, 0.6) is 0 Å². The van der Waals surface area contributed by atoms with Gasteiger partial charge in [0.2, 0.25) is 5.91 Å². The fourth-order valence-corrected chi connectivity index (χ4v) is 2.35. The average molecular weight is 237 g/mol. The van der Waals surface area contributed by atoms with Crippen LogP contribution in [0.3, 0.4) is 0 Å². The summed E-state index contributed by atoms with van der Waals surface area (Å²) in [5, 5.41) is 1.67. The van der Waals surface area contributed by atoms with E-state index in [0.717, 1.165) is 0 Å². The Labute approximate surface area is 88.1 Å². The second-order valence-corrected chi connectivity index (χ2v) is 5.24. The topological polar surface area (TPSA) is 132 Å². The molecular formula is C7H15N3O4S. The van der Waals surface area contributed by atoms with Crippen LogP contribution in [0.15, 0.2) is 0 Å². The number of hydrogen-bond donors (Lipinski definition) is 3. The molecule has 7 nitrogen and oxygen atoms in total. The lowest BCUT2D eigenvalue weighted by molar-refractivity contribution is -0.117. The lowest BCUT2D eigenvalue weighted by Gasteiger charge is -2.08. The summed E-state index contributed by atoms with van der Waals surface area (Å²) in [6.45, 7) is 1.74. The molecular weight excluding hydrogens is 222 g/mol. The first-order valence-electron chi connectivity index (χ1n) is 4.32. The van der Waals surface area contributed by atoms with Crippen molar-refractivity contribution in [3.63, 3.8) is 0 Å². The number of amides is 3. The Morgan fingerprint density at radius 3 is 2.33 bits per heavy atom. The van der Waals surface area contributed by atoms with E-state index in [0.29, 0.717) is 6.42 Å². The molecule has 0 saturated carbocycles. The maximum atomic E-state index is 11.3. The van der Waals surface area contributed by atoms with Gasteiger partial charge in [0.1, 0.15) is 5.75 Å². The first-order chi connectivity index (χ1) is 6.76. The first kappa shape index (κ1) is 13.8. The number of primary amides is 1. The van der Waals surface area contributed by atoms with Gasteiger partial charge in [0.05, 0.1) is 5.75 Å². The van der Waals surface area contributed by atoms with Gasteiger partial charge in [-0.25, -0.2) is 13.2 Å². The van der Waals surface area contributed by atoms with Crippen LogP contribution in [-0.2, 0) is 14.6 Å². The maximum Gasteiger partial charge on any atom is 0.318 e. The van der Waals surface area contributed by atoms with Crippen molar-refractivity contribution in [1.82, 2.24) is 5.32 Å². The van der Waals surface area contributed by atoms with E-state index in [1.54, 1.807) is 12.2 Å². The smallest absolute Gasteiger partial charge is 0.318 e. The monoisotopic (exact) mass is 237 g/mol. The van der Waals surface area contributed by atoms with Crippen molar-refractivity contribution >= 4 is 21.8 Å². The van der Waals surface area contributed by atoms with Gasteiger partial charge in [-0.2, -0.15) is 0 Å². The first-order valence-corrected chi connectivity index (χ1v) is 6.14. The number of urea groups is 1. The van der Waals surface area contributed by atoms with E-state index in [4.69, 9.17) is 5.73 Å². The van der Waals surface area contributed by atoms with Crippen LogP contribution in [0.2, 0.25) is 0 Å². The molecule has 1 atom stereocenters. The van der Waals surface area contributed by atoms with Gasteiger partial charge < -0.3 is 11.5 Å². The molecule has 8 heteroatoms. The van der Waals surface area contributed by atoms with Gasteiger partial charge in [0, 0.05) is 6.04 Å².